The number of aromatic hydroxyl groups is 2. The highest BCUT2D eigenvalue weighted by molar-refractivity contribution is 7.83. The topological polar surface area (TPSA) is 271 Å². The van der Waals surface area contributed by atoms with E-state index in [0.29, 0.717) is 71.1 Å². The molecule has 4 atom stereocenters. The number of piperazine rings is 2. The molecule has 4 aromatic heterocycles. The third-order valence-electron chi connectivity index (χ3n) is 13.4. The Morgan fingerprint density at radius 2 is 1.03 bits per heavy atom. The molecular formula is C54H62N14O8S2. The number of amides is 2. The van der Waals surface area contributed by atoms with E-state index in [9.17, 15) is 28.2 Å². The normalized spacial score (nSPS) is 18.0. The summed E-state index contributed by atoms with van der Waals surface area (Å²) in [6.07, 6.45) is 8.29. The fraction of sp³-hybridized carbons (Fsp3) is 0.333. The van der Waals surface area contributed by atoms with Crippen LogP contribution in [0.3, 0.4) is 0 Å². The van der Waals surface area contributed by atoms with Crippen LogP contribution in [0.1, 0.15) is 102 Å². The molecule has 0 spiro atoms. The molecule has 0 bridgehead atoms. The number of carbonyl (C=O) groups excluding carboxylic acids is 2. The number of rotatable bonds is 13. The van der Waals surface area contributed by atoms with Crippen LogP contribution in [0.25, 0.3) is 0 Å². The number of anilines is 4. The van der Waals surface area contributed by atoms with Gasteiger partial charge in [-0.25, -0.2) is 18.4 Å². The first kappa shape index (κ1) is 54.4. The Hall–Kier alpha value is -8.38. The Morgan fingerprint density at radius 3 is 1.41 bits per heavy atom. The quantitative estimate of drug-likeness (QED) is 0.0624. The minimum absolute atomic E-state index is 0.171. The molecular weight excluding hydrogens is 1040 g/mol. The number of phenolic OH excluding ortho intramolecular Hbond substituents is 2. The van der Waals surface area contributed by atoms with Gasteiger partial charge >= 0.3 is 0 Å². The molecule has 22 nitrogen and oxygen atoms in total. The number of furan rings is 2. The zero-order valence-corrected chi connectivity index (χ0v) is 45.5. The molecule has 8 heterocycles. The van der Waals surface area contributed by atoms with Crippen molar-refractivity contribution in [3.63, 3.8) is 0 Å². The molecule has 0 aliphatic carbocycles. The molecule has 408 valence electrons. The van der Waals surface area contributed by atoms with Crippen molar-refractivity contribution in [2.75, 3.05) is 72.8 Å². The predicted molar refractivity (Wildman–Crippen MR) is 303 cm³/mol. The first-order chi connectivity index (χ1) is 37.8. The van der Waals surface area contributed by atoms with Gasteiger partial charge in [-0.3, -0.25) is 9.59 Å². The van der Waals surface area contributed by atoms with Crippen LogP contribution < -0.4 is 31.1 Å². The number of para-hydroxylation sites is 2. The lowest BCUT2D eigenvalue weighted by atomic mass is 10.1. The molecule has 4 aliphatic rings. The first-order valence-corrected chi connectivity index (χ1v) is 27.8. The third kappa shape index (κ3) is 12.7. The van der Waals surface area contributed by atoms with Crippen molar-refractivity contribution >= 4 is 80.5 Å². The van der Waals surface area contributed by atoms with Crippen molar-refractivity contribution in [1.29, 1.82) is 0 Å². The maximum absolute atomic E-state index is 13.3. The number of phenols is 2. The van der Waals surface area contributed by atoms with E-state index in [0.717, 1.165) is 34.3 Å². The van der Waals surface area contributed by atoms with E-state index < -0.39 is 22.3 Å². The number of carbonyl (C=O) groups is 2. The lowest BCUT2D eigenvalue weighted by Gasteiger charge is -2.35. The van der Waals surface area contributed by atoms with Crippen LogP contribution in [0.4, 0.5) is 23.0 Å². The predicted octanol–water partition coefficient (Wildman–Crippen LogP) is 7.20. The van der Waals surface area contributed by atoms with Gasteiger partial charge in [-0.2, -0.15) is 0 Å². The molecule has 0 radical (unpaired) electrons. The smallest absolute Gasteiger partial charge is 0.269 e. The molecule has 24 heteroatoms. The van der Waals surface area contributed by atoms with Gasteiger partial charge in [-0.15, -0.1) is 17.6 Å². The summed E-state index contributed by atoms with van der Waals surface area (Å²) in [4.78, 5) is 43.1. The van der Waals surface area contributed by atoms with E-state index in [2.05, 4.69) is 72.5 Å². The van der Waals surface area contributed by atoms with Gasteiger partial charge in [0.25, 0.3) is 34.2 Å². The van der Waals surface area contributed by atoms with Gasteiger partial charge in [0.15, 0.2) is 34.8 Å². The Kier molecular flexibility index (Phi) is 17.3. The van der Waals surface area contributed by atoms with Crippen LogP contribution in [0.5, 0.6) is 11.5 Å². The number of hydrogen-bond donors (Lipinski definition) is 6. The average Bonchev–Trinajstić information content (AvgIpc) is 4.28. The average molecular weight is 1100 g/mol. The van der Waals surface area contributed by atoms with Crippen LogP contribution in [-0.4, -0.2) is 126 Å². The lowest BCUT2D eigenvalue weighted by Crippen LogP contribution is -2.49. The van der Waals surface area contributed by atoms with Gasteiger partial charge < -0.3 is 59.9 Å². The summed E-state index contributed by atoms with van der Waals surface area (Å²) >= 11 is -3.64. The summed E-state index contributed by atoms with van der Waals surface area (Å²) in [6, 6.07) is 24.8. The van der Waals surface area contributed by atoms with Crippen molar-refractivity contribution in [2.45, 2.75) is 65.5 Å². The summed E-state index contributed by atoms with van der Waals surface area (Å²) in [5, 5.41) is 34.6. The summed E-state index contributed by atoms with van der Waals surface area (Å²) in [5.41, 5.74) is 2.95. The Morgan fingerprint density at radius 1 is 0.590 bits per heavy atom. The molecule has 2 aromatic carbocycles. The van der Waals surface area contributed by atoms with E-state index in [1.807, 2.05) is 69.3 Å². The maximum Gasteiger partial charge on any atom is 0.269 e. The molecule has 4 aliphatic heterocycles. The highest BCUT2D eigenvalue weighted by Crippen LogP contribution is 2.32. The number of aromatic nitrogens is 2. The number of amidine groups is 4. The van der Waals surface area contributed by atoms with Crippen LogP contribution in [-0.2, 0) is 22.3 Å². The fourth-order valence-electron chi connectivity index (χ4n) is 9.04. The van der Waals surface area contributed by atoms with Gasteiger partial charge in [-0.1, -0.05) is 52.0 Å². The van der Waals surface area contributed by atoms with Gasteiger partial charge in [0.05, 0.1) is 47.1 Å². The van der Waals surface area contributed by atoms with Crippen molar-refractivity contribution < 1.29 is 37.1 Å². The Labute approximate surface area is 457 Å². The second kappa shape index (κ2) is 24.7. The second-order valence-electron chi connectivity index (χ2n) is 19.0. The second-order valence-corrected chi connectivity index (χ2v) is 20.6. The van der Waals surface area contributed by atoms with E-state index >= 15 is 0 Å². The van der Waals surface area contributed by atoms with Crippen molar-refractivity contribution in [2.24, 2.45) is 17.6 Å². The molecule has 2 amide bonds. The molecule has 2 fully saturated rings. The lowest BCUT2D eigenvalue weighted by molar-refractivity contribution is 0.0735. The van der Waals surface area contributed by atoms with Crippen LogP contribution >= 0.6 is 0 Å². The largest absolute Gasteiger partial charge is 0.505 e. The molecule has 78 heavy (non-hydrogen) atoms. The first-order valence-electron chi connectivity index (χ1n) is 25.7. The molecule has 10 rings (SSSR count). The van der Waals surface area contributed by atoms with Crippen LogP contribution in [0.15, 0.2) is 136 Å². The Balaban J connectivity index is 0.000000190. The standard InChI is InChI=1S/C28H33N7O4S.C26H29N7O4S/c1-4-21(23-16-19(17-39-23)18(2)3)30-26-27(33-40(38)32-26)31-22-9-7-8-20(25(22)36)28(37)35-14-12-34(13-15-35)24-10-5-6-11-29-24;1-3-19(21-15-17(2)16-37-21)28-24-25(31-38(36)30-24)29-20-8-6-7-18(23(20)34)26(35)33-13-11-32(12-14-33)22-9-4-5-10-27-22/h5-11,16-18,21,36H,4,12-15H2,1-3H3,(H,30,32)(H,31,33);4-10,15-16,19,34H,3,11-14H2,1-2H3,(H,28,30)(H,29,31)/t21-,40?;19-,38?/m11/s1. The number of nitrogens with one attached hydrogen (secondary N) is 4. The minimum Gasteiger partial charge on any atom is -0.505 e. The molecule has 6 N–H and O–H groups in total. The molecule has 0 saturated carbocycles. The van der Waals surface area contributed by atoms with Crippen molar-refractivity contribution in [3.05, 3.63) is 144 Å². The minimum atomic E-state index is -1.82. The Bertz CT molecular complexity index is 3280. The van der Waals surface area contributed by atoms with Crippen LogP contribution in [0, 0.1) is 6.92 Å². The van der Waals surface area contributed by atoms with Crippen molar-refractivity contribution in [3.8, 4) is 11.5 Å². The summed E-state index contributed by atoms with van der Waals surface area (Å²) in [7, 11) is 0. The van der Waals surface area contributed by atoms with Gasteiger partial charge in [-0.05, 0) is 97.5 Å². The van der Waals surface area contributed by atoms with Crippen molar-refractivity contribution in [1.82, 2.24) is 30.4 Å². The molecule has 2 unspecified atom stereocenters. The number of nitrogens with zero attached hydrogens (tertiary/aromatic N) is 10. The number of pyridine rings is 2. The zero-order valence-electron chi connectivity index (χ0n) is 43.8. The van der Waals surface area contributed by atoms with E-state index in [4.69, 9.17) is 8.83 Å². The summed E-state index contributed by atoms with van der Waals surface area (Å²) in [6.45, 7) is 14.7. The zero-order chi connectivity index (χ0) is 54.9. The highest BCUT2D eigenvalue weighted by atomic mass is 32.2. The van der Waals surface area contributed by atoms with Gasteiger partial charge in [0, 0.05) is 64.8 Å². The summed E-state index contributed by atoms with van der Waals surface area (Å²) < 4.78 is 52.1. The third-order valence-corrected chi connectivity index (χ3v) is 14.8. The maximum atomic E-state index is 13.3. The number of hydrogen-bond acceptors (Lipinski definition) is 16. The van der Waals surface area contributed by atoms with E-state index in [1.54, 1.807) is 71.1 Å². The van der Waals surface area contributed by atoms with E-state index in [1.165, 1.54) is 0 Å². The van der Waals surface area contributed by atoms with E-state index in [-0.39, 0.29) is 81.2 Å². The molecule has 6 aromatic rings. The van der Waals surface area contributed by atoms with Gasteiger partial charge in [0.1, 0.15) is 23.2 Å². The SMILES string of the molecule is CC[C@@H](NC1=NS(=O)N=C1Nc1cccc(C(=O)N2CCN(c3ccccn3)CC2)c1O)c1cc(C(C)C)co1.CC[C@@H](NC1=NS(=O)N=C1Nc1cccc(C(=O)N2CCN(c3ccccn3)CC2)c1O)c1cc(C)co1. The van der Waals surface area contributed by atoms with Gasteiger partial charge in [0.2, 0.25) is 0 Å². The summed E-state index contributed by atoms with van der Waals surface area (Å²) in [5.74, 6) is 3.57. The fourth-order valence-corrected chi connectivity index (χ4v) is 10.3. The monoisotopic (exact) mass is 1100 g/mol. The number of aryl methyl sites for hydroxylation is 1. The number of benzene rings is 2. The highest BCUT2D eigenvalue weighted by Gasteiger charge is 2.31. The van der Waals surface area contributed by atoms with Crippen LogP contribution in [0.2, 0.25) is 0 Å². The molecule has 2 saturated heterocycles.